The Morgan fingerprint density at radius 3 is 2.44 bits per heavy atom. The number of hydrogen-bond donors (Lipinski definition) is 0. The molecule has 0 aliphatic heterocycles. The maximum absolute atomic E-state index is 12.3. The van der Waals surface area contributed by atoms with Gasteiger partial charge in [-0.3, -0.25) is 0 Å². The van der Waals surface area contributed by atoms with Gasteiger partial charge in [0.25, 0.3) is 0 Å². The van der Waals surface area contributed by atoms with Crippen molar-refractivity contribution in [1.29, 1.82) is 0 Å². The van der Waals surface area contributed by atoms with Crippen LogP contribution in [0.4, 0.5) is 12.9 Å². The van der Waals surface area contributed by atoms with Gasteiger partial charge in [0.15, 0.2) is 0 Å². The van der Waals surface area contributed by atoms with E-state index in [4.69, 9.17) is 0 Å². The second kappa shape index (κ2) is 5.00. The fourth-order valence-electron chi connectivity index (χ4n) is 1.23. The lowest BCUT2D eigenvalue weighted by molar-refractivity contribution is 0.491. The van der Waals surface area contributed by atoms with Crippen LogP contribution in [0.25, 0.3) is 0 Å². The molecule has 0 aromatic heterocycles. The highest BCUT2D eigenvalue weighted by Crippen LogP contribution is 2.28. The van der Waals surface area contributed by atoms with Gasteiger partial charge in [-0.15, -0.1) is 23.8 Å². The van der Waals surface area contributed by atoms with Gasteiger partial charge in [-0.25, -0.2) is 0 Å². The molecule has 88 valence electrons. The lowest BCUT2D eigenvalue weighted by Gasteiger charge is -2.17. The monoisotopic (exact) mass is 245 g/mol. The van der Waals surface area contributed by atoms with E-state index in [0.717, 1.165) is 16.0 Å². The number of thioether (sulfide) groups is 1. The van der Waals surface area contributed by atoms with Gasteiger partial charge in [-0.05, 0) is 31.2 Å². The molecule has 1 rings (SSSR count). The van der Waals surface area contributed by atoms with Crippen molar-refractivity contribution in [3.05, 3.63) is 41.4 Å². The first-order valence-corrected chi connectivity index (χ1v) is 5.87. The molecule has 0 nitrogen and oxygen atoms in total. The van der Waals surface area contributed by atoms with E-state index >= 15 is 0 Å². The van der Waals surface area contributed by atoms with Crippen molar-refractivity contribution in [2.45, 2.75) is 18.7 Å². The minimum Gasteiger partial charge on any atom is -0.445 e. The Bertz CT molecular complexity index is 399. The highest BCUT2D eigenvalue weighted by Gasteiger charge is 2.26. The van der Waals surface area contributed by atoms with Gasteiger partial charge in [0.1, 0.15) is 0 Å². The second-order valence-corrected chi connectivity index (χ2v) is 4.81. The van der Waals surface area contributed by atoms with E-state index in [1.54, 1.807) is 0 Å². The molecule has 0 saturated heterocycles. The highest BCUT2D eigenvalue weighted by atomic mass is 32.2. The summed E-state index contributed by atoms with van der Waals surface area (Å²) in [4.78, 5) is 0.881. The largest absolute Gasteiger partial charge is 0.505 e. The first-order chi connectivity index (χ1) is 7.30. The zero-order chi connectivity index (χ0) is 12.3. The fraction of sp³-hybridized carbons (Fsp3) is 0.273. The number of hydrogen-bond acceptors (Lipinski definition) is 1. The van der Waals surface area contributed by atoms with Crippen LogP contribution in [0.5, 0.6) is 0 Å². The summed E-state index contributed by atoms with van der Waals surface area (Å²) in [6.45, 7) is 2.02. The van der Waals surface area contributed by atoms with E-state index in [0.29, 0.717) is 0 Å². The Kier molecular flexibility index (Phi) is 4.13. The van der Waals surface area contributed by atoms with Crippen molar-refractivity contribution < 1.29 is 12.9 Å². The van der Waals surface area contributed by atoms with Crippen molar-refractivity contribution in [2.75, 3.05) is 5.75 Å². The molecule has 0 N–H and O–H groups in total. The SMILES string of the molecule is C=C(CSc1ccc(C)cc1C)[B-](F)(F)F. The van der Waals surface area contributed by atoms with E-state index < -0.39 is 12.4 Å². The van der Waals surface area contributed by atoms with Crippen molar-refractivity contribution in [3.63, 3.8) is 0 Å². The van der Waals surface area contributed by atoms with E-state index in [1.165, 1.54) is 11.8 Å². The highest BCUT2D eigenvalue weighted by molar-refractivity contribution is 7.99. The van der Waals surface area contributed by atoms with Crippen molar-refractivity contribution in [3.8, 4) is 0 Å². The zero-order valence-corrected chi connectivity index (χ0v) is 10.1. The first kappa shape index (κ1) is 13.2. The summed E-state index contributed by atoms with van der Waals surface area (Å²) in [5, 5.41) is 0. The Labute approximate surface area is 98.0 Å². The van der Waals surface area contributed by atoms with Crippen LogP contribution in [0, 0.1) is 13.8 Å². The summed E-state index contributed by atoms with van der Waals surface area (Å²) in [5.41, 5.74) is 1.48. The van der Waals surface area contributed by atoms with Gasteiger partial charge >= 0.3 is 6.98 Å². The van der Waals surface area contributed by atoms with Crippen LogP contribution < -0.4 is 0 Å². The summed E-state index contributed by atoms with van der Waals surface area (Å²) in [7, 11) is 0. The topological polar surface area (TPSA) is 0 Å². The summed E-state index contributed by atoms with van der Waals surface area (Å²) < 4.78 is 36.8. The van der Waals surface area contributed by atoms with Crippen LogP contribution in [0.15, 0.2) is 35.1 Å². The maximum Gasteiger partial charge on any atom is 0.505 e. The van der Waals surface area contributed by atoms with Gasteiger partial charge in [0.05, 0.1) is 0 Å². The molecule has 5 heteroatoms. The fourth-order valence-corrected chi connectivity index (χ4v) is 2.21. The summed E-state index contributed by atoms with van der Waals surface area (Å²) in [6, 6.07) is 5.71. The smallest absolute Gasteiger partial charge is 0.445 e. The van der Waals surface area contributed by atoms with E-state index in [2.05, 4.69) is 6.58 Å². The van der Waals surface area contributed by atoms with Crippen LogP contribution in [-0.4, -0.2) is 12.7 Å². The third kappa shape index (κ3) is 3.63. The van der Waals surface area contributed by atoms with Gasteiger partial charge in [0.2, 0.25) is 0 Å². The number of halogens is 3. The molecule has 0 saturated carbocycles. The Balaban J connectivity index is 2.65. The molecule has 16 heavy (non-hydrogen) atoms. The summed E-state index contributed by atoms with van der Waals surface area (Å²) >= 11 is 1.19. The maximum atomic E-state index is 12.3. The Morgan fingerprint density at radius 2 is 1.94 bits per heavy atom. The molecule has 0 radical (unpaired) electrons. The quantitative estimate of drug-likeness (QED) is 0.561. The van der Waals surface area contributed by atoms with Crippen LogP contribution in [0.1, 0.15) is 11.1 Å². The molecule has 0 fully saturated rings. The average Bonchev–Trinajstić information content (AvgIpc) is 2.14. The number of rotatable bonds is 4. The van der Waals surface area contributed by atoms with Crippen LogP contribution in [0.2, 0.25) is 0 Å². The van der Waals surface area contributed by atoms with Crippen molar-refractivity contribution >= 4 is 18.7 Å². The number of benzene rings is 1. The van der Waals surface area contributed by atoms with Crippen LogP contribution in [0.3, 0.4) is 0 Å². The average molecular weight is 245 g/mol. The molecular formula is C11H13BF3S-. The predicted molar refractivity (Wildman–Crippen MR) is 64.9 cm³/mol. The van der Waals surface area contributed by atoms with Gasteiger partial charge in [-0.2, -0.15) is 0 Å². The predicted octanol–water partition coefficient (Wildman–Crippen LogP) is 4.34. The molecule has 0 aliphatic rings. The van der Waals surface area contributed by atoms with Crippen molar-refractivity contribution in [2.24, 2.45) is 0 Å². The van der Waals surface area contributed by atoms with E-state index in [9.17, 15) is 12.9 Å². The molecule has 0 spiro atoms. The minimum absolute atomic E-state index is 0.0899. The molecule has 0 unspecified atom stereocenters. The molecule has 0 amide bonds. The first-order valence-electron chi connectivity index (χ1n) is 4.88. The summed E-state index contributed by atoms with van der Waals surface area (Å²) in [6.07, 6.45) is 0. The lowest BCUT2D eigenvalue weighted by Crippen LogP contribution is -2.20. The Morgan fingerprint density at radius 1 is 1.31 bits per heavy atom. The Hall–Kier alpha value is -0.835. The number of aryl methyl sites for hydroxylation is 2. The van der Waals surface area contributed by atoms with Gasteiger partial charge < -0.3 is 12.9 Å². The third-order valence-corrected chi connectivity index (χ3v) is 3.49. The second-order valence-electron chi connectivity index (χ2n) is 3.79. The normalized spacial score (nSPS) is 11.6. The minimum atomic E-state index is -4.90. The third-order valence-electron chi connectivity index (χ3n) is 2.21. The molecule has 0 heterocycles. The zero-order valence-electron chi connectivity index (χ0n) is 9.27. The molecule has 0 atom stereocenters. The lowest BCUT2D eigenvalue weighted by atomic mass is 9.82. The van der Waals surface area contributed by atoms with Crippen LogP contribution in [-0.2, 0) is 0 Å². The van der Waals surface area contributed by atoms with Crippen molar-refractivity contribution in [1.82, 2.24) is 0 Å². The van der Waals surface area contributed by atoms with Crippen LogP contribution >= 0.6 is 11.8 Å². The molecular weight excluding hydrogens is 232 g/mol. The standard InChI is InChI=1S/C11H13BF3S/c1-8-4-5-11(9(2)6-8)16-7-10(3)12(13,14)15/h4-6H,3,7H2,1-2H3/q-1. The van der Waals surface area contributed by atoms with E-state index in [1.807, 2.05) is 32.0 Å². The molecule has 1 aromatic carbocycles. The molecule has 1 aromatic rings. The molecule has 0 bridgehead atoms. The summed E-state index contributed by atoms with van der Waals surface area (Å²) in [5.74, 6) is -0.0899. The van der Waals surface area contributed by atoms with Gasteiger partial charge in [0, 0.05) is 4.90 Å². The van der Waals surface area contributed by atoms with E-state index in [-0.39, 0.29) is 5.75 Å². The molecule has 0 aliphatic carbocycles. The van der Waals surface area contributed by atoms with Gasteiger partial charge in [-0.1, -0.05) is 17.7 Å².